The number of hydrogen-bond donors (Lipinski definition) is 1. The molecule has 0 spiro atoms. The number of fused-ring (bicyclic) bond motifs is 2. The van der Waals surface area contributed by atoms with Gasteiger partial charge in [-0.3, -0.25) is 4.79 Å². The Labute approximate surface area is 212 Å². The number of rotatable bonds is 9. The van der Waals surface area contributed by atoms with Crippen LogP contribution in [0.4, 0.5) is 4.79 Å². The fourth-order valence-electron chi connectivity index (χ4n) is 5.23. The maximum absolute atomic E-state index is 13.1. The van der Waals surface area contributed by atoms with Crippen molar-refractivity contribution in [2.24, 2.45) is 5.73 Å². The highest BCUT2D eigenvalue weighted by molar-refractivity contribution is 5.76. The Bertz CT molecular complexity index is 1080. The number of nitrogens with two attached hydrogens (primary N) is 1. The molecule has 2 aliphatic rings. The number of amides is 2. The standard InChI is InChI=1S/C28H36N2O6/c1-17(2)35-21-5-6-22-20(13-21)14-23(22)24(36-28(29)32)7-8-27(31)30-11-9-18-15-25(33-3)26(34-4)16-19(18)10-12-30/h5-6,13,15-17,23-24H,7-12,14H2,1-4H3,(H2,29,32). The fraction of sp³-hybridized carbons (Fsp3) is 0.500. The van der Waals surface area contributed by atoms with E-state index in [4.69, 9.17) is 24.7 Å². The quantitative estimate of drug-likeness (QED) is 0.563. The van der Waals surface area contributed by atoms with Gasteiger partial charge in [0.2, 0.25) is 5.91 Å². The first-order valence-corrected chi connectivity index (χ1v) is 12.6. The number of primary amides is 1. The molecule has 2 amide bonds. The van der Waals surface area contributed by atoms with E-state index >= 15 is 0 Å². The first-order valence-electron chi connectivity index (χ1n) is 12.6. The third-order valence-electron chi connectivity index (χ3n) is 7.05. The van der Waals surface area contributed by atoms with Gasteiger partial charge in [-0.05, 0) is 86.1 Å². The van der Waals surface area contributed by atoms with E-state index in [1.54, 1.807) is 14.2 Å². The molecule has 0 bridgehead atoms. The van der Waals surface area contributed by atoms with Gasteiger partial charge in [0.15, 0.2) is 11.5 Å². The number of nitrogens with zero attached hydrogens (tertiary/aromatic N) is 1. The van der Waals surface area contributed by atoms with Crippen LogP contribution in [-0.2, 0) is 28.8 Å². The summed E-state index contributed by atoms with van der Waals surface area (Å²) in [6.07, 6.45) is 1.84. The highest BCUT2D eigenvalue weighted by Crippen LogP contribution is 2.42. The van der Waals surface area contributed by atoms with E-state index in [1.165, 1.54) is 16.7 Å². The van der Waals surface area contributed by atoms with Gasteiger partial charge in [0.25, 0.3) is 0 Å². The van der Waals surface area contributed by atoms with Gasteiger partial charge in [-0.2, -0.15) is 0 Å². The maximum atomic E-state index is 13.1. The van der Waals surface area contributed by atoms with E-state index < -0.39 is 12.2 Å². The van der Waals surface area contributed by atoms with Gasteiger partial charge in [0.05, 0.1) is 20.3 Å². The molecular formula is C28H36N2O6. The van der Waals surface area contributed by atoms with E-state index in [-0.39, 0.29) is 17.9 Å². The molecule has 1 heterocycles. The van der Waals surface area contributed by atoms with Crippen LogP contribution in [-0.4, -0.2) is 56.4 Å². The van der Waals surface area contributed by atoms with Crippen molar-refractivity contribution < 1.29 is 28.5 Å². The second-order valence-corrected chi connectivity index (χ2v) is 9.71. The second kappa shape index (κ2) is 11.1. The van der Waals surface area contributed by atoms with Crippen LogP contribution >= 0.6 is 0 Å². The molecule has 0 radical (unpaired) electrons. The molecule has 0 aromatic heterocycles. The van der Waals surface area contributed by atoms with E-state index in [1.807, 2.05) is 49.1 Å². The third-order valence-corrected chi connectivity index (χ3v) is 7.05. The van der Waals surface area contributed by atoms with Crippen molar-refractivity contribution in [3.05, 3.63) is 52.6 Å². The van der Waals surface area contributed by atoms with Gasteiger partial charge < -0.3 is 29.6 Å². The van der Waals surface area contributed by atoms with E-state index in [0.29, 0.717) is 37.4 Å². The molecule has 4 rings (SSSR count). The molecular weight excluding hydrogens is 460 g/mol. The second-order valence-electron chi connectivity index (χ2n) is 9.71. The van der Waals surface area contributed by atoms with Gasteiger partial charge in [-0.25, -0.2) is 4.79 Å². The Morgan fingerprint density at radius 3 is 2.17 bits per heavy atom. The summed E-state index contributed by atoms with van der Waals surface area (Å²) in [5, 5.41) is 0. The number of methoxy groups -OCH3 is 2. The molecule has 1 aliphatic heterocycles. The molecule has 2 atom stereocenters. The molecule has 0 saturated carbocycles. The minimum atomic E-state index is -0.811. The Hall–Kier alpha value is -3.42. The minimum absolute atomic E-state index is 0.0294. The molecule has 36 heavy (non-hydrogen) atoms. The Morgan fingerprint density at radius 2 is 1.64 bits per heavy atom. The zero-order valence-electron chi connectivity index (χ0n) is 21.5. The van der Waals surface area contributed by atoms with Crippen LogP contribution in [0.1, 0.15) is 54.9 Å². The van der Waals surface area contributed by atoms with Gasteiger partial charge in [-0.1, -0.05) is 6.07 Å². The summed E-state index contributed by atoms with van der Waals surface area (Å²) in [7, 11) is 3.25. The van der Waals surface area contributed by atoms with Crippen molar-refractivity contribution in [2.75, 3.05) is 27.3 Å². The van der Waals surface area contributed by atoms with Crippen LogP contribution in [0, 0.1) is 0 Å². The number of hydrogen-bond acceptors (Lipinski definition) is 6. The van der Waals surface area contributed by atoms with E-state index in [9.17, 15) is 9.59 Å². The van der Waals surface area contributed by atoms with Crippen molar-refractivity contribution in [1.82, 2.24) is 4.90 Å². The lowest BCUT2D eigenvalue weighted by Crippen LogP contribution is -2.37. The van der Waals surface area contributed by atoms with Crippen LogP contribution in [0.5, 0.6) is 17.2 Å². The number of ether oxygens (including phenoxy) is 4. The van der Waals surface area contributed by atoms with Crippen molar-refractivity contribution in [3.63, 3.8) is 0 Å². The largest absolute Gasteiger partial charge is 0.493 e. The van der Waals surface area contributed by atoms with Crippen LogP contribution in [0.25, 0.3) is 0 Å². The summed E-state index contributed by atoms with van der Waals surface area (Å²) in [5.41, 5.74) is 10.0. The number of carbonyl (C=O) groups excluding carboxylic acids is 2. The zero-order chi connectivity index (χ0) is 25.8. The van der Waals surface area contributed by atoms with Crippen molar-refractivity contribution in [3.8, 4) is 17.2 Å². The maximum Gasteiger partial charge on any atom is 0.404 e. The van der Waals surface area contributed by atoms with Gasteiger partial charge in [0.1, 0.15) is 11.9 Å². The summed E-state index contributed by atoms with van der Waals surface area (Å²) in [6, 6.07) is 10.0. The van der Waals surface area contributed by atoms with Gasteiger partial charge in [0, 0.05) is 25.4 Å². The first kappa shape index (κ1) is 25.7. The molecule has 194 valence electrons. The highest BCUT2D eigenvalue weighted by Gasteiger charge is 2.36. The molecule has 2 aromatic carbocycles. The average Bonchev–Trinajstić information content (AvgIpc) is 3.04. The van der Waals surface area contributed by atoms with Crippen molar-refractivity contribution in [2.45, 2.75) is 64.1 Å². The first-order chi connectivity index (χ1) is 17.3. The molecule has 2 aromatic rings. The Balaban J connectivity index is 1.38. The smallest absolute Gasteiger partial charge is 0.404 e. The summed E-state index contributed by atoms with van der Waals surface area (Å²) in [6.45, 7) is 5.25. The Morgan fingerprint density at radius 1 is 1.00 bits per heavy atom. The van der Waals surface area contributed by atoms with E-state index in [0.717, 1.165) is 30.6 Å². The molecule has 1 aliphatic carbocycles. The normalized spacial score (nSPS) is 17.2. The van der Waals surface area contributed by atoms with Crippen LogP contribution < -0.4 is 19.9 Å². The minimum Gasteiger partial charge on any atom is -0.493 e. The average molecular weight is 497 g/mol. The molecule has 8 nitrogen and oxygen atoms in total. The summed E-state index contributed by atoms with van der Waals surface area (Å²) < 4.78 is 22.1. The van der Waals surface area contributed by atoms with Crippen LogP contribution in [0.3, 0.4) is 0 Å². The van der Waals surface area contributed by atoms with Crippen molar-refractivity contribution >= 4 is 12.0 Å². The lowest BCUT2D eigenvalue weighted by Gasteiger charge is -2.36. The lowest BCUT2D eigenvalue weighted by molar-refractivity contribution is -0.131. The van der Waals surface area contributed by atoms with Crippen LogP contribution in [0.2, 0.25) is 0 Å². The fourth-order valence-corrected chi connectivity index (χ4v) is 5.23. The SMILES string of the molecule is COc1cc2c(cc1OC)CCN(C(=O)CCC(OC(N)=O)C1Cc3cc(OC(C)C)ccc31)CC2. The number of carbonyl (C=O) groups is 2. The zero-order valence-corrected chi connectivity index (χ0v) is 21.5. The summed E-state index contributed by atoms with van der Waals surface area (Å²) >= 11 is 0. The Kier molecular flexibility index (Phi) is 7.91. The summed E-state index contributed by atoms with van der Waals surface area (Å²) in [5.74, 6) is 2.32. The lowest BCUT2D eigenvalue weighted by atomic mass is 9.73. The molecule has 2 N–H and O–H groups in total. The molecule has 2 unspecified atom stereocenters. The molecule has 0 saturated heterocycles. The number of benzene rings is 2. The predicted molar refractivity (Wildman–Crippen MR) is 136 cm³/mol. The third kappa shape index (κ3) is 5.69. The summed E-state index contributed by atoms with van der Waals surface area (Å²) in [4.78, 5) is 26.7. The topological polar surface area (TPSA) is 100 Å². The molecule has 0 fully saturated rings. The van der Waals surface area contributed by atoms with Crippen LogP contribution in [0.15, 0.2) is 30.3 Å². The van der Waals surface area contributed by atoms with E-state index in [2.05, 4.69) is 0 Å². The van der Waals surface area contributed by atoms with Gasteiger partial charge in [-0.15, -0.1) is 0 Å². The highest BCUT2D eigenvalue weighted by atomic mass is 16.6. The van der Waals surface area contributed by atoms with Gasteiger partial charge >= 0.3 is 6.09 Å². The van der Waals surface area contributed by atoms with Crippen molar-refractivity contribution in [1.29, 1.82) is 0 Å². The predicted octanol–water partition coefficient (Wildman–Crippen LogP) is 4.00. The molecule has 8 heteroatoms. The monoisotopic (exact) mass is 496 g/mol.